The molecule has 2 amide bonds. The van der Waals surface area contributed by atoms with Gasteiger partial charge in [-0.2, -0.15) is 0 Å². The minimum absolute atomic E-state index is 0.206. The van der Waals surface area contributed by atoms with Crippen LogP contribution >= 0.6 is 22.9 Å². The van der Waals surface area contributed by atoms with Gasteiger partial charge in [-0.3, -0.25) is 25.4 Å². The van der Waals surface area contributed by atoms with Crippen LogP contribution in [0, 0.1) is 0 Å². The van der Waals surface area contributed by atoms with Gasteiger partial charge in [0, 0.05) is 22.2 Å². The molecule has 8 heteroatoms. The lowest BCUT2D eigenvalue weighted by molar-refractivity contribution is 0.0841. The molecule has 1 aromatic carbocycles. The molecular formula is C16H11ClN4O2S. The lowest BCUT2D eigenvalue weighted by atomic mass is 10.2. The van der Waals surface area contributed by atoms with Crippen LogP contribution in [0.15, 0.2) is 54.0 Å². The van der Waals surface area contributed by atoms with E-state index in [-0.39, 0.29) is 11.4 Å². The lowest BCUT2D eigenvalue weighted by Crippen LogP contribution is -2.42. The summed E-state index contributed by atoms with van der Waals surface area (Å²) in [5, 5.41) is 2.94. The summed E-state index contributed by atoms with van der Waals surface area (Å²) in [5.74, 6) is -1.01. The van der Waals surface area contributed by atoms with Crippen molar-refractivity contribution in [2.45, 2.75) is 0 Å². The maximum atomic E-state index is 12.1. The zero-order valence-corrected chi connectivity index (χ0v) is 13.8. The Balaban J connectivity index is 1.64. The molecule has 3 rings (SSSR count). The summed E-state index contributed by atoms with van der Waals surface area (Å²) in [6.45, 7) is 0. The molecule has 0 spiro atoms. The molecule has 0 saturated carbocycles. The number of aromatic nitrogens is 2. The number of nitrogens with zero attached hydrogens (tertiary/aromatic N) is 2. The maximum absolute atomic E-state index is 12.1. The normalized spacial score (nSPS) is 10.2. The maximum Gasteiger partial charge on any atom is 0.289 e. The monoisotopic (exact) mass is 358 g/mol. The molecule has 120 valence electrons. The number of benzene rings is 1. The first-order chi connectivity index (χ1) is 11.6. The number of thiazole rings is 1. The highest BCUT2D eigenvalue weighted by Gasteiger charge is 2.13. The van der Waals surface area contributed by atoms with Gasteiger partial charge in [0.1, 0.15) is 16.4 Å². The summed E-state index contributed by atoms with van der Waals surface area (Å²) in [4.78, 5) is 32.0. The van der Waals surface area contributed by atoms with Crippen molar-refractivity contribution in [1.82, 2.24) is 20.8 Å². The summed E-state index contributed by atoms with van der Waals surface area (Å²) >= 11 is 7.18. The summed E-state index contributed by atoms with van der Waals surface area (Å²) in [7, 11) is 0. The van der Waals surface area contributed by atoms with E-state index in [2.05, 4.69) is 20.8 Å². The number of hydrogen-bond acceptors (Lipinski definition) is 5. The van der Waals surface area contributed by atoms with Gasteiger partial charge in [0.2, 0.25) is 0 Å². The fourth-order valence-corrected chi connectivity index (χ4v) is 2.77. The minimum atomic E-state index is -0.504. The van der Waals surface area contributed by atoms with Crippen molar-refractivity contribution in [2.75, 3.05) is 0 Å². The van der Waals surface area contributed by atoms with Crippen molar-refractivity contribution in [3.63, 3.8) is 0 Å². The lowest BCUT2D eigenvalue weighted by Gasteiger charge is -2.04. The molecular weight excluding hydrogens is 348 g/mol. The number of hydrazine groups is 1. The molecule has 0 aliphatic heterocycles. The molecule has 2 N–H and O–H groups in total. The van der Waals surface area contributed by atoms with Crippen molar-refractivity contribution in [1.29, 1.82) is 0 Å². The van der Waals surface area contributed by atoms with Crippen LogP contribution in [0.3, 0.4) is 0 Å². The van der Waals surface area contributed by atoms with Gasteiger partial charge in [-0.15, -0.1) is 11.3 Å². The Kier molecular flexibility index (Phi) is 4.83. The molecule has 2 heterocycles. The van der Waals surface area contributed by atoms with Crippen LogP contribution in [0.5, 0.6) is 0 Å². The van der Waals surface area contributed by atoms with Gasteiger partial charge >= 0.3 is 0 Å². The Morgan fingerprint density at radius 1 is 0.958 bits per heavy atom. The van der Waals surface area contributed by atoms with Gasteiger partial charge in [-0.1, -0.05) is 29.8 Å². The van der Waals surface area contributed by atoms with Gasteiger partial charge in [0.05, 0.1) is 0 Å². The molecule has 0 unspecified atom stereocenters. The number of pyridine rings is 1. The molecule has 3 aromatic rings. The number of nitrogens with one attached hydrogen (secondary N) is 2. The molecule has 24 heavy (non-hydrogen) atoms. The summed E-state index contributed by atoms with van der Waals surface area (Å²) < 4.78 is 0. The number of carbonyl (C=O) groups is 2. The molecule has 6 nitrogen and oxygen atoms in total. The van der Waals surface area contributed by atoms with Crippen molar-refractivity contribution in [3.05, 3.63) is 70.5 Å². The Bertz CT molecular complexity index is 865. The average molecular weight is 359 g/mol. The third-order valence-corrected chi connectivity index (χ3v) is 4.16. The van der Waals surface area contributed by atoms with Crippen molar-refractivity contribution in [3.8, 4) is 10.6 Å². The SMILES string of the molecule is O=C(NNC(=O)c1csc(-c2ccc(Cl)cc2)n1)c1ccccn1. The average Bonchev–Trinajstić information content (AvgIpc) is 3.11. The van der Waals surface area contributed by atoms with Crippen LogP contribution < -0.4 is 10.9 Å². The predicted molar refractivity (Wildman–Crippen MR) is 91.7 cm³/mol. The Labute approximate surface area is 146 Å². The van der Waals surface area contributed by atoms with E-state index in [1.165, 1.54) is 17.5 Å². The highest BCUT2D eigenvalue weighted by Crippen LogP contribution is 2.24. The highest BCUT2D eigenvalue weighted by molar-refractivity contribution is 7.13. The van der Waals surface area contributed by atoms with Gasteiger partial charge in [0.15, 0.2) is 0 Å². The van der Waals surface area contributed by atoms with Crippen LogP contribution in [0.1, 0.15) is 21.0 Å². The van der Waals surface area contributed by atoms with E-state index in [0.717, 1.165) is 5.56 Å². The first kappa shape index (κ1) is 16.1. The molecule has 0 bridgehead atoms. The van der Waals surface area contributed by atoms with Gasteiger partial charge < -0.3 is 0 Å². The van der Waals surface area contributed by atoms with Crippen LogP contribution in [0.4, 0.5) is 0 Å². The third-order valence-electron chi connectivity index (χ3n) is 3.02. The van der Waals surface area contributed by atoms with Gasteiger partial charge in [-0.25, -0.2) is 4.98 Å². The number of amides is 2. The predicted octanol–water partition coefficient (Wildman–Crippen LogP) is 2.93. The molecule has 0 fully saturated rings. The van der Waals surface area contributed by atoms with Crippen LogP contribution in [-0.2, 0) is 0 Å². The second-order valence-electron chi connectivity index (χ2n) is 4.67. The standard InChI is InChI=1S/C16H11ClN4O2S/c17-11-6-4-10(5-7-11)16-19-13(9-24-16)15(23)21-20-14(22)12-3-1-2-8-18-12/h1-9H,(H,20,22)(H,21,23). The fourth-order valence-electron chi connectivity index (χ4n) is 1.84. The second-order valence-corrected chi connectivity index (χ2v) is 5.96. The minimum Gasteiger partial charge on any atom is -0.266 e. The van der Waals surface area contributed by atoms with Crippen molar-refractivity contribution < 1.29 is 9.59 Å². The quantitative estimate of drug-likeness (QED) is 0.705. The molecule has 2 aromatic heterocycles. The highest BCUT2D eigenvalue weighted by atomic mass is 35.5. The summed E-state index contributed by atoms with van der Waals surface area (Å²) in [5.41, 5.74) is 5.90. The topological polar surface area (TPSA) is 84.0 Å². The Morgan fingerprint density at radius 3 is 2.33 bits per heavy atom. The van der Waals surface area contributed by atoms with E-state index in [1.54, 1.807) is 35.7 Å². The van der Waals surface area contributed by atoms with Gasteiger partial charge in [0.25, 0.3) is 11.8 Å². The van der Waals surface area contributed by atoms with E-state index in [4.69, 9.17) is 11.6 Å². The zero-order chi connectivity index (χ0) is 16.9. The molecule has 0 saturated heterocycles. The molecule has 0 aliphatic carbocycles. The number of rotatable bonds is 3. The number of hydrogen-bond donors (Lipinski definition) is 2. The zero-order valence-electron chi connectivity index (χ0n) is 12.2. The van der Waals surface area contributed by atoms with E-state index >= 15 is 0 Å². The van der Waals surface area contributed by atoms with E-state index in [0.29, 0.717) is 10.0 Å². The molecule has 0 atom stereocenters. The summed E-state index contributed by atoms with van der Waals surface area (Å²) in [6.07, 6.45) is 1.50. The van der Waals surface area contributed by atoms with E-state index in [9.17, 15) is 9.59 Å². The third kappa shape index (κ3) is 3.76. The van der Waals surface area contributed by atoms with Crippen LogP contribution in [0.25, 0.3) is 10.6 Å². The first-order valence-corrected chi connectivity index (χ1v) is 8.12. The number of carbonyl (C=O) groups excluding carboxylic acids is 2. The fraction of sp³-hybridized carbons (Fsp3) is 0. The van der Waals surface area contributed by atoms with Crippen molar-refractivity contribution >= 4 is 34.8 Å². The van der Waals surface area contributed by atoms with Crippen molar-refractivity contribution in [2.24, 2.45) is 0 Å². The largest absolute Gasteiger partial charge is 0.289 e. The Morgan fingerprint density at radius 2 is 1.67 bits per heavy atom. The summed E-state index contributed by atoms with van der Waals surface area (Å²) in [6, 6.07) is 12.1. The smallest absolute Gasteiger partial charge is 0.266 e. The van der Waals surface area contributed by atoms with Crippen LogP contribution in [-0.4, -0.2) is 21.8 Å². The molecule has 0 aliphatic rings. The second kappa shape index (κ2) is 7.20. The van der Waals surface area contributed by atoms with Crippen LogP contribution in [0.2, 0.25) is 5.02 Å². The molecule has 0 radical (unpaired) electrons. The van der Waals surface area contributed by atoms with E-state index < -0.39 is 11.8 Å². The van der Waals surface area contributed by atoms with Gasteiger partial charge in [-0.05, 0) is 24.3 Å². The number of halogens is 1. The first-order valence-electron chi connectivity index (χ1n) is 6.86. The Hall–Kier alpha value is -2.77. The van der Waals surface area contributed by atoms with E-state index in [1.807, 2.05) is 12.1 Å².